The summed E-state index contributed by atoms with van der Waals surface area (Å²) in [5, 5.41) is 10.5. The minimum absolute atomic E-state index is 0.0788. The second-order valence-electron chi connectivity index (χ2n) is 5.13. The molecule has 0 saturated carbocycles. The number of para-hydroxylation sites is 1. The van der Waals surface area contributed by atoms with Crippen molar-refractivity contribution >= 4 is 39.8 Å². The van der Waals surface area contributed by atoms with Gasteiger partial charge in [-0.05, 0) is 19.1 Å². The van der Waals surface area contributed by atoms with E-state index in [0.29, 0.717) is 0 Å². The van der Waals surface area contributed by atoms with E-state index in [1.54, 1.807) is 0 Å². The Morgan fingerprint density at radius 2 is 1.85 bits per heavy atom. The average molecular weight is 430 g/mol. The van der Waals surface area contributed by atoms with Crippen LogP contribution in [0.3, 0.4) is 0 Å². The zero-order valence-corrected chi connectivity index (χ0v) is 15.1. The molecule has 2 aromatic rings. The molecule has 0 radical (unpaired) electrons. The van der Waals surface area contributed by atoms with E-state index < -0.39 is 35.6 Å². The Balaban J connectivity index is 1.98. The molecular weight excluding hydrogens is 418 g/mol. The SMILES string of the molecule is CC(Sc1nnc(NCC(F)(F)F)s1)C(=O)Nc1ccccc1C(F)(F)F. The number of hydrogen-bond acceptors (Lipinski definition) is 6. The van der Waals surface area contributed by atoms with Crippen LogP contribution < -0.4 is 10.6 Å². The molecule has 0 fully saturated rings. The lowest BCUT2D eigenvalue weighted by Gasteiger charge is -2.15. The number of aromatic nitrogens is 2. The van der Waals surface area contributed by atoms with Crippen molar-refractivity contribution in [2.75, 3.05) is 17.2 Å². The Hall–Kier alpha value is -2.02. The van der Waals surface area contributed by atoms with Crippen LogP contribution >= 0.6 is 23.1 Å². The number of benzene rings is 1. The summed E-state index contributed by atoms with van der Waals surface area (Å²) < 4.78 is 75.5. The Morgan fingerprint density at radius 3 is 2.48 bits per heavy atom. The van der Waals surface area contributed by atoms with E-state index in [0.717, 1.165) is 35.2 Å². The number of hydrogen-bond donors (Lipinski definition) is 2. The molecular formula is C14H12F6N4OS2. The molecule has 27 heavy (non-hydrogen) atoms. The van der Waals surface area contributed by atoms with Gasteiger partial charge in [0, 0.05) is 0 Å². The van der Waals surface area contributed by atoms with Crippen LogP contribution in [0.15, 0.2) is 28.6 Å². The maximum atomic E-state index is 12.9. The molecule has 1 aromatic heterocycles. The lowest BCUT2D eigenvalue weighted by Crippen LogP contribution is -2.24. The number of nitrogens with one attached hydrogen (secondary N) is 2. The molecule has 1 amide bonds. The number of amides is 1. The quantitative estimate of drug-likeness (QED) is 0.516. The highest BCUT2D eigenvalue weighted by Crippen LogP contribution is 2.35. The summed E-state index contributed by atoms with van der Waals surface area (Å²) in [4.78, 5) is 12.2. The fourth-order valence-electron chi connectivity index (χ4n) is 1.78. The van der Waals surface area contributed by atoms with Crippen LogP contribution in [0.1, 0.15) is 12.5 Å². The number of halogens is 6. The van der Waals surface area contributed by atoms with E-state index in [9.17, 15) is 31.1 Å². The Kier molecular flexibility index (Phi) is 6.57. The van der Waals surface area contributed by atoms with Crippen LogP contribution in [0.5, 0.6) is 0 Å². The second kappa shape index (κ2) is 8.33. The number of thioether (sulfide) groups is 1. The summed E-state index contributed by atoms with van der Waals surface area (Å²) in [6, 6.07) is 4.53. The molecule has 2 N–H and O–H groups in total. The Morgan fingerprint density at radius 1 is 1.19 bits per heavy atom. The fourth-order valence-corrected chi connectivity index (χ4v) is 3.67. The molecule has 0 bridgehead atoms. The Labute approximate surface area is 157 Å². The van der Waals surface area contributed by atoms with Gasteiger partial charge in [0.25, 0.3) is 0 Å². The largest absolute Gasteiger partial charge is 0.418 e. The molecule has 1 unspecified atom stereocenters. The third kappa shape index (κ3) is 6.57. The average Bonchev–Trinajstić information content (AvgIpc) is 2.99. The summed E-state index contributed by atoms with van der Waals surface area (Å²) >= 11 is 1.67. The third-order valence-electron chi connectivity index (χ3n) is 2.98. The number of carbonyl (C=O) groups is 1. The summed E-state index contributed by atoms with van der Waals surface area (Å²) in [6.07, 6.45) is -9.05. The second-order valence-corrected chi connectivity index (χ2v) is 7.70. The smallest absolute Gasteiger partial charge is 0.351 e. The van der Waals surface area contributed by atoms with Crippen molar-refractivity contribution in [1.29, 1.82) is 0 Å². The monoisotopic (exact) mass is 430 g/mol. The van der Waals surface area contributed by atoms with Gasteiger partial charge in [0.2, 0.25) is 11.0 Å². The van der Waals surface area contributed by atoms with E-state index >= 15 is 0 Å². The molecule has 1 heterocycles. The summed E-state index contributed by atoms with van der Waals surface area (Å²) in [5.74, 6) is -0.711. The first kappa shape index (κ1) is 21.3. The summed E-state index contributed by atoms with van der Waals surface area (Å²) in [7, 11) is 0. The van der Waals surface area contributed by atoms with Crippen molar-refractivity contribution in [3.05, 3.63) is 29.8 Å². The molecule has 1 aromatic carbocycles. The van der Waals surface area contributed by atoms with Crippen LogP contribution in [0.25, 0.3) is 0 Å². The maximum Gasteiger partial charge on any atom is 0.418 e. The van der Waals surface area contributed by atoms with Gasteiger partial charge in [0.15, 0.2) is 4.34 Å². The van der Waals surface area contributed by atoms with Crippen molar-refractivity contribution < 1.29 is 31.1 Å². The van der Waals surface area contributed by atoms with Crippen molar-refractivity contribution in [2.45, 2.75) is 28.9 Å². The molecule has 148 valence electrons. The number of anilines is 2. The van der Waals surface area contributed by atoms with Gasteiger partial charge in [-0.1, -0.05) is 35.2 Å². The van der Waals surface area contributed by atoms with E-state index in [1.807, 2.05) is 0 Å². The lowest BCUT2D eigenvalue weighted by molar-refractivity contribution is -0.137. The molecule has 5 nitrogen and oxygen atoms in total. The predicted molar refractivity (Wildman–Crippen MR) is 89.8 cm³/mol. The van der Waals surface area contributed by atoms with Crippen LogP contribution in [0.4, 0.5) is 37.2 Å². The maximum absolute atomic E-state index is 12.9. The first-order valence-corrected chi connectivity index (χ1v) is 8.93. The van der Waals surface area contributed by atoms with Gasteiger partial charge in [0.05, 0.1) is 16.5 Å². The highest BCUT2D eigenvalue weighted by Gasteiger charge is 2.34. The molecule has 0 aliphatic rings. The van der Waals surface area contributed by atoms with Crippen LogP contribution in [-0.2, 0) is 11.0 Å². The first-order chi connectivity index (χ1) is 12.5. The zero-order valence-electron chi connectivity index (χ0n) is 13.5. The van der Waals surface area contributed by atoms with Crippen molar-refractivity contribution in [3.8, 4) is 0 Å². The van der Waals surface area contributed by atoms with Gasteiger partial charge in [-0.15, -0.1) is 10.2 Å². The van der Waals surface area contributed by atoms with Crippen LogP contribution in [-0.4, -0.2) is 34.1 Å². The van der Waals surface area contributed by atoms with Gasteiger partial charge >= 0.3 is 12.4 Å². The van der Waals surface area contributed by atoms with Crippen molar-refractivity contribution in [1.82, 2.24) is 10.2 Å². The van der Waals surface area contributed by atoms with Gasteiger partial charge in [-0.3, -0.25) is 4.79 Å². The number of alkyl halides is 6. The number of nitrogens with zero attached hydrogens (tertiary/aromatic N) is 2. The molecule has 2 rings (SSSR count). The zero-order chi connectivity index (χ0) is 20.2. The summed E-state index contributed by atoms with van der Waals surface area (Å²) in [5.41, 5.74) is -1.36. The van der Waals surface area contributed by atoms with E-state index in [-0.39, 0.29) is 15.2 Å². The van der Waals surface area contributed by atoms with E-state index in [1.165, 1.54) is 19.1 Å². The van der Waals surface area contributed by atoms with Gasteiger partial charge in [0.1, 0.15) is 6.54 Å². The van der Waals surface area contributed by atoms with Crippen LogP contribution in [0, 0.1) is 0 Å². The molecule has 0 spiro atoms. The summed E-state index contributed by atoms with van der Waals surface area (Å²) in [6.45, 7) is 0.150. The lowest BCUT2D eigenvalue weighted by atomic mass is 10.1. The number of carbonyl (C=O) groups excluding carboxylic acids is 1. The molecule has 1 atom stereocenters. The van der Waals surface area contributed by atoms with Gasteiger partial charge < -0.3 is 10.6 Å². The van der Waals surface area contributed by atoms with Gasteiger partial charge in [-0.25, -0.2) is 0 Å². The molecule has 13 heteroatoms. The number of rotatable bonds is 6. The van der Waals surface area contributed by atoms with E-state index in [2.05, 4.69) is 20.8 Å². The Bertz CT molecular complexity index is 792. The highest BCUT2D eigenvalue weighted by atomic mass is 32.2. The molecule has 0 aliphatic carbocycles. The third-order valence-corrected chi connectivity index (χ3v) is 5.05. The molecule has 0 aliphatic heterocycles. The highest BCUT2D eigenvalue weighted by molar-refractivity contribution is 8.02. The van der Waals surface area contributed by atoms with Crippen molar-refractivity contribution in [3.63, 3.8) is 0 Å². The minimum Gasteiger partial charge on any atom is -0.351 e. The van der Waals surface area contributed by atoms with Crippen LogP contribution in [0.2, 0.25) is 0 Å². The fraction of sp³-hybridized carbons (Fsp3) is 0.357. The van der Waals surface area contributed by atoms with E-state index in [4.69, 9.17) is 0 Å². The van der Waals surface area contributed by atoms with Crippen molar-refractivity contribution in [2.24, 2.45) is 0 Å². The molecule has 0 saturated heterocycles. The first-order valence-electron chi connectivity index (χ1n) is 7.23. The van der Waals surface area contributed by atoms with Gasteiger partial charge in [-0.2, -0.15) is 26.3 Å². The minimum atomic E-state index is -4.63. The predicted octanol–water partition coefficient (Wildman–Crippen LogP) is 4.65. The normalized spacial score (nSPS) is 13.3. The topological polar surface area (TPSA) is 66.9 Å². The standard InChI is InChI=1S/C14H12F6N4OS2/c1-7(26-12-24-23-11(27-12)21-6-13(15,16)17)10(25)22-9-5-3-2-4-8(9)14(18,19)20/h2-5,7H,6H2,1H3,(H,21,23)(H,22,25).